The summed E-state index contributed by atoms with van der Waals surface area (Å²) >= 11 is 0. The Morgan fingerprint density at radius 2 is 2.19 bits per heavy atom. The first kappa shape index (κ1) is 15.3. The van der Waals surface area contributed by atoms with Crippen molar-refractivity contribution in [2.45, 2.75) is 33.6 Å². The number of fused-ring (bicyclic) bond motifs is 1. The lowest BCUT2D eigenvalue weighted by Crippen LogP contribution is -2.11. The van der Waals surface area contributed by atoms with E-state index in [2.05, 4.69) is 20.3 Å². The minimum Gasteiger partial charge on any atom is -0.376 e. The molecule has 2 rings (SSSR count). The van der Waals surface area contributed by atoms with Gasteiger partial charge in [0.15, 0.2) is 5.65 Å². The molecule has 0 fully saturated rings. The van der Waals surface area contributed by atoms with Crippen LogP contribution in [0.25, 0.3) is 11.2 Å². The molecule has 1 amide bonds. The van der Waals surface area contributed by atoms with Crippen molar-refractivity contribution >= 4 is 23.0 Å². The zero-order valence-electron chi connectivity index (χ0n) is 12.4. The van der Waals surface area contributed by atoms with Gasteiger partial charge in [0.25, 0.3) is 0 Å². The molecule has 0 spiro atoms. The molecule has 0 radical (unpaired) electrons. The minimum atomic E-state index is -0.220. The van der Waals surface area contributed by atoms with Gasteiger partial charge >= 0.3 is 0 Å². The van der Waals surface area contributed by atoms with Gasteiger partial charge in [-0.2, -0.15) is 4.98 Å². The molecule has 2 aromatic heterocycles. The highest BCUT2D eigenvalue weighted by molar-refractivity contribution is 5.87. The number of amides is 1. The van der Waals surface area contributed by atoms with Crippen molar-refractivity contribution in [1.82, 2.24) is 19.5 Å². The molecule has 1 N–H and O–H groups in total. The molecular weight excluding hydrogens is 274 g/mol. The second-order valence-corrected chi connectivity index (χ2v) is 4.75. The number of anilines is 1. The van der Waals surface area contributed by atoms with Crippen LogP contribution in [-0.4, -0.2) is 44.7 Å². The highest BCUT2D eigenvalue weighted by Crippen LogP contribution is 2.11. The predicted molar refractivity (Wildman–Crippen MR) is 76.7 cm³/mol. The van der Waals surface area contributed by atoms with Gasteiger partial charge < -0.3 is 14.0 Å². The van der Waals surface area contributed by atoms with E-state index in [-0.39, 0.29) is 18.0 Å². The number of aromatic nitrogens is 4. The Balaban J connectivity index is 1.94. The molecule has 0 saturated carbocycles. The summed E-state index contributed by atoms with van der Waals surface area (Å²) in [6.45, 7) is 6.76. The van der Waals surface area contributed by atoms with Crippen molar-refractivity contribution in [1.29, 1.82) is 0 Å². The van der Waals surface area contributed by atoms with Crippen molar-refractivity contribution in [2.75, 3.05) is 18.5 Å². The van der Waals surface area contributed by atoms with Gasteiger partial charge in [-0.15, -0.1) is 0 Å². The maximum absolute atomic E-state index is 11.0. The predicted octanol–water partition coefficient (Wildman–Crippen LogP) is 1.18. The lowest BCUT2D eigenvalue weighted by Gasteiger charge is -2.09. The Morgan fingerprint density at radius 3 is 2.90 bits per heavy atom. The summed E-state index contributed by atoms with van der Waals surface area (Å²) in [6, 6.07) is 0. The number of rotatable bonds is 7. The summed E-state index contributed by atoms with van der Waals surface area (Å²) in [7, 11) is 0. The molecule has 0 bridgehead atoms. The van der Waals surface area contributed by atoms with Crippen molar-refractivity contribution in [3.05, 3.63) is 12.5 Å². The van der Waals surface area contributed by atoms with E-state index in [1.165, 1.54) is 6.92 Å². The molecule has 0 unspecified atom stereocenters. The van der Waals surface area contributed by atoms with Crippen LogP contribution in [0.15, 0.2) is 12.5 Å². The maximum atomic E-state index is 11.0. The Labute approximate surface area is 122 Å². The monoisotopic (exact) mass is 293 g/mol. The number of carbonyl (C=O) groups is 1. The first-order chi connectivity index (χ1) is 10.1. The van der Waals surface area contributed by atoms with E-state index in [4.69, 9.17) is 9.47 Å². The van der Waals surface area contributed by atoms with Crippen LogP contribution >= 0.6 is 0 Å². The fourth-order valence-electron chi connectivity index (χ4n) is 1.68. The van der Waals surface area contributed by atoms with Gasteiger partial charge in [0.05, 0.1) is 31.8 Å². The Kier molecular flexibility index (Phi) is 5.18. The molecule has 21 heavy (non-hydrogen) atoms. The van der Waals surface area contributed by atoms with Crippen LogP contribution in [0.2, 0.25) is 0 Å². The van der Waals surface area contributed by atoms with Crippen LogP contribution < -0.4 is 5.32 Å². The molecule has 0 aliphatic heterocycles. The number of ether oxygens (including phenoxy) is 2. The number of imidazole rings is 1. The number of hydrogen-bond acceptors (Lipinski definition) is 6. The summed E-state index contributed by atoms with van der Waals surface area (Å²) in [5, 5.41) is 2.52. The average molecular weight is 293 g/mol. The normalized spacial score (nSPS) is 11.2. The average Bonchev–Trinajstić information content (AvgIpc) is 2.80. The van der Waals surface area contributed by atoms with Gasteiger partial charge in [-0.1, -0.05) is 0 Å². The van der Waals surface area contributed by atoms with E-state index in [9.17, 15) is 4.79 Å². The first-order valence-corrected chi connectivity index (χ1v) is 6.71. The molecule has 114 valence electrons. The summed E-state index contributed by atoms with van der Waals surface area (Å²) < 4.78 is 12.7. The lowest BCUT2D eigenvalue weighted by atomic mass is 10.5. The molecule has 2 aromatic rings. The molecule has 0 aliphatic carbocycles. The second kappa shape index (κ2) is 7.09. The van der Waals surface area contributed by atoms with E-state index in [0.717, 1.165) is 5.52 Å². The zero-order chi connectivity index (χ0) is 15.2. The van der Waals surface area contributed by atoms with E-state index >= 15 is 0 Å². The van der Waals surface area contributed by atoms with Crippen LogP contribution in [0.4, 0.5) is 5.95 Å². The van der Waals surface area contributed by atoms with Gasteiger partial charge in [0, 0.05) is 6.92 Å². The van der Waals surface area contributed by atoms with Crippen LogP contribution in [0, 0.1) is 0 Å². The molecule has 8 heteroatoms. The van der Waals surface area contributed by atoms with Gasteiger partial charge in [-0.25, -0.2) is 9.97 Å². The zero-order valence-corrected chi connectivity index (χ0v) is 12.4. The fourth-order valence-corrected chi connectivity index (χ4v) is 1.68. The van der Waals surface area contributed by atoms with Gasteiger partial charge in [0.2, 0.25) is 11.9 Å². The Bertz CT molecular complexity index is 611. The van der Waals surface area contributed by atoms with E-state index in [0.29, 0.717) is 25.6 Å². The smallest absolute Gasteiger partial charge is 0.231 e. The molecule has 2 heterocycles. The molecule has 8 nitrogen and oxygen atoms in total. The number of carbonyl (C=O) groups excluding carboxylic acids is 1. The molecule has 0 saturated heterocycles. The first-order valence-electron chi connectivity index (χ1n) is 6.71. The maximum Gasteiger partial charge on any atom is 0.231 e. The van der Waals surface area contributed by atoms with Gasteiger partial charge in [-0.05, 0) is 13.8 Å². The van der Waals surface area contributed by atoms with Crippen LogP contribution in [-0.2, 0) is 21.0 Å². The number of nitrogens with one attached hydrogen (secondary N) is 1. The van der Waals surface area contributed by atoms with E-state index < -0.39 is 0 Å². The summed E-state index contributed by atoms with van der Waals surface area (Å²) in [5.41, 5.74) is 1.25. The van der Waals surface area contributed by atoms with E-state index in [1.54, 1.807) is 17.1 Å². The quantitative estimate of drug-likeness (QED) is 0.771. The second-order valence-electron chi connectivity index (χ2n) is 4.75. The van der Waals surface area contributed by atoms with Crippen molar-refractivity contribution < 1.29 is 14.3 Å². The summed E-state index contributed by atoms with van der Waals surface area (Å²) in [4.78, 5) is 23.3. The third-order valence-electron chi connectivity index (χ3n) is 2.58. The van der Waals surface area contributed by atoms with Crippen molar-refractivity contribution in [2.24, 2.45) is 0 Å². The highest BCUT2D eigenvalue weighted by Gasteiger charge is 2.07. The van der Waals surface area contributed by atoms with Gasteiger partial charge in [-0.3, -0.25) is 10.1 Å². The SMILES string of the molecule is CC(=O)Nc1ncc2c(ncn2COCCOC(C)C)n1. The standard InChI is InChI=1S/C13H19N5O3/c1-9(2)21-5-4-20-8-18-7-15-12-11(18)6-14-13(17-12)16-10(3)19/h6-7,9H,4-5,8H2,1-3H3,(H,14,16,17,19). The third kappa shape index (κ3) is 4.47. The highest BCUT2D eigenvalue weighted by atomic mass is 16.5. The van der Waals surface area contributed by atoms with Crippen LogP contribution in [0.3, 0.4) is 0 Å². The van der Waals surface area contributed by atoms with Crippen LogP contribution in [0.1, 0.15) is 20.8 Å². The molecule has 0 aliphatic rings. The molecule has 0 aromatic carbocycles. The van der Waals surface area contributed by atoms with Crippen molar-refractivity contribution in [3.8, 4) is 0 Å². The topological polar surface area (TPSA) is 91.2 Å². The van der Waals surface area contributed by atoms with Crippen LogP contribution in [0.5, 0.6) is 0 Å². The third-order valence-corrected chi connectivity index (χ3v) is 2.58. The molecular formula is C13H19N5O3. The largest absolute Gasteiger partial charge is 0.376 e. The summed E-state index contributed by atoms with van der Waals surface area (Å²) in [5.74, 6) is 0.0220. The van der Waals surface area contributed by atoms with Gasteiger partial charge in [0.1, 0.15) is 12.2 Å². The fraction of sp³-hybridized carbons (Fsp3) is 0.538. The van der Waals surface area contributed by atoms with E-state index in [1.807, 2.05) is 13.8 Å². The lowest BCUT2D eigenvalue weighted by molar-refractivity contribution is -0.114. The molecule has 0 atom stereocenters. The minimum absolute atomic E-state index is 0.197. The Morgan fingerprint density at radius 1 is 1.38 bits per heavy atom. The number of hydrogen-bond donors (Lipinski definition) is 1. The summed E-state index contributed by atoms with van der Waals surface area (Å²) in [6.07, 6.45) is 3.43. The van der Waals surface area contributed by atoms with Crippen molar-refractivity contribution in [3.63, 3.8) is 0 Å². The Hall–Kier alpha value is -2.06. The number of nitrogens with zero attached hydrogens (tertiary/aromatic N) is 4.